The Morgan fingerprint density at radius 1 is 1.28 bits per heavy atom. The summed E-state index contributed by atoms with van der Waals surface area (Å²) >= 11 is 3.47. The highest BCUT2D eigenvalue weighted by atomic mass is 79.9. The van der Waals surface area contributed by atoms with Crippen LogP contribution in [0.1, 0.15) is 64.7 Å². The smallest absolute Gasteiger partial charge is 0.220 e. The summed E-state index contributed by atoms with van der Waals surface area (Å²) in [5.74, 6) is 1.54. The molecule has 1 N–H and O–H groups in total. The minimum Gasteiger partial charge on any atom is -0.356 e. The Hall–Kier alpha value is -0.0500. The Morgan fingerprint density at radius 2 is 1.94 bits per heavy atom. The highest BCUT2D eigenvalue weighted by Crippen LogP contribution is 2.25. The van der Waals surface area contributed by atoms with Gasteiger partial charge in [-0.1, -0.05) is 55.0 Å². The first-order valence-electron chi connectivity index (χ1n) is 7.59. The summed E-state index contributed by atoms with van der Waals surface area (Å²) in [7, 11) is 0. The molecule has 1 aliphatic carbocycles. The number of halogens is 1. The molecule has 1 amide bonds. The van der Waals surface area contributed by atoms with E-state index < -0.39 is 0 Å². The molecule has 0 aromatic heterocycles. The zero-order valence-corrected chi connectivity index (χ0v) is 13.3. The van der Waals surface area contributed by atoms with Gasteiger partial charge in [0.1, 0.15) is 0 Å². The van der Waals surface area contributed by atoms with Crippen molar-refractivity contribution in [1.29, 1.82) is 0 Å². The molecular weight excluding hydrogens is 290 g/mol. The van der Waals surface area contributed by atoms with Gasteiger partial charge >= 0.3 is 0 Å². The number of nitrogens with one attached hydrogen (secondary N) is 1. The zero-order chi connectivity index (χ0) is 13.2. The van der Waals surface area contributed by atoms with Crippen molar-refractivity contribution in [2.75, 3.05) is 11.9 Å². The monoisotopic (exact) mass is 317 g/mol. The van der Waals surface area contributed by atoms with Gasteiger partial charge in [0.2, 0.25) is 5.91 Å². The van der Waals surface area contributed by atoms with Crippen LogP contribution in [-0.4, -0.2) is 17.8 Å². The number of carbonyl (C=O) groups is 1. The number of rotatable bonds is 7. The molecule has 0 aromatic carbocycles. The average molecular weight is 318 g/mol. The van der Waals surface area contributed by atoms with Crippen molar-refractivity contribution in [1.82, 2.24) is 5.32 Å². The van der Waals surface area contributed by atoms with Crippen molar-refractivity contribution in [3.8, 4) is 0 Å². The highest BCUT2D eigenvalue weighted by Gasteiger charge is 2.16. The van der Waals surface area contributed by atoms with Crippen molar-refractivity contribution in [2.45, 2.75) is 64.7 Å². The van der Waals surface area contributed by atoms with Gasteiger partial charge in [0.15, 0.2) is 0 Å². The Morgan fingerprint density at radius 3 is 2.50 bits per heavy atom. The summed E-state index contributed by atoms with van der Waals surface area (Å²) in [6, 6.07) is 0. The molecule has 1 atom stereocenters. The minimum absolute atomic E-state index is 0.273. The van der Waals surface area contributed by atoms with Crippen LogP contribution in [0.5, 0.6) is 0 Å². The second-order valence-electron chi connectivity index (χ2n) is 5.62. The van der Waals surface area contributed by atoms with Gasteiger partial charge in [0, 0.05) is 18.3 Å². The van der Waals surface area contributed by atoms with Crippen LogP contribution in [0.3, 0.4) is 0 Å². The Bertz CT molecular complexity index is 225. The third-order valence-electron chi connectivity index (χ3n) is 4.13. The first kappa shape index (κ1) is 16.0. The third kappa shape index (κ3) is 6.77. The molecular formula is C15H28BrNO. The molecule has 0 saturated heterocycles. The number of carbonyl (C=O) groups excluding carboxylic acids is 1. The van der Waals surface area contributed by atoms with Gasteiger partial charge in [0.25, 0.3) is 0 Å². The maximum Gasteiger partial charge on any atom is 0.220 e. The number of alkyl halides is 1. The third-order valence-corrected chi connectivity index (χ3v) is 4.59. The lowest BCUT2D eigenvalue weighted by Crippen LogP contribution is -2.30. The van der Waals surface area contributed by atoms with Gasteiger partial charge in [-0.2, -0.15) is 0 Å². The van der Waals surface area contributed by atoms with Gasteiger partial charge in [-0.3, -0.25) is 4.79 Å². The molecule has 1 saturated carbocycles. The van der Waals surface area contributed by atoms with Gasteiger partial charge < -0.3 is 5.32 Å². The number of amides is 1. The van der Waals surface area contributed by atoms with Crippen molar-refractivity contribution in [3.63, 3.8) is 0 Å². The lowest BCUT2D eigenvalue weighted by molar-refractivity contribution is -0.122. The highest BCUT2D eigenvalue weighted by molar-refractivity contribution is 9.09. The largest absolute Gasteiger partial charge is 0.356 e. The Balaban J connectivity index is 2.19. The van der Waals surface area contributed by atoms with Gasteiger partial charge in [-0.05, 0) is 31.1 Å². The fraction of sp³-hybridized carbons (Fsp3) is 0.933. The van der Waals surface area contributed by atoms with E-state index in [0.29, 0.717) is 11.8 Å². The normalized spacial score (nSPS) is 19.2. The van der Waals surface area contributed by atoms with Crippen molar-refractivity contribution in [3.05, 3.63) is 0 Å². The minimum atomic E-state index is 0.273. The first-order chi connectivity index (χ1) is 8.76. The van der Waals surface area contributed by atoms with Crippen LogP contribution in [0.2, 0.25) is 0 Å². The second kappa shape index (κ2) is 9.82. The van der Waals surface area contributed by atoms with E-state index in [1.165, 1.54) is 38.5 Å². The molecule has 0 radical (unpaired) electrons. The molecule has 0 spiro atoms. The summed E-state index contributed by atoms with van der Waals surface area (Å²) in [5.41, 5.74) is 0. The molecule has 0 aromatic rings. The Kier molecular flexibility index (Phi) is 8.74. The van der Waals surface area contributed by atoms with E-state index in [4.69, 9.17) is 0 Å². The maximum absolute atomic E-state index is 11.9. The summed E-state index contributed by atoms with van der Waals surface area (Å²) < 4.78 is 0. The lowest BCUT2D eigenvalue weighted by atomic mass is 9.96. The first-order valence-corrected chi connectivity index (χ1v) is 8.71. The van der Waals surface area contributed by atoms with Crippen LogP contribution in [0.15, 0.2) is 0 Å². The van der Waals surface area contributed by atoms with Crippen LogP contribution in [0.4, 0.5) is 0 Å². The topological polar surface area (TPSA) is 29.1 Å². The summed E-state index contributed by atoms with van der Waals surface area (Å²) in [4.78, 5) is 11.9. The van der Waals surface area contributed by atoms with Crippen LogP contribution >= 0.6 is 15.9 Å². The molecule has 1 fully saturated rings. The summed E-state index contributed by atoms with van der Waals surface area (Å²) in [5, 5.41) is 4.16. The molecule has 2 nitrogen and oxygen atoms in total. The summed E-state index contributed by atoms with van der Waals surface area (Å²) in [6.45, 7) is 3.05. The van der Waals surface area contributed by atoms with Crippen molar-refractivity contribution in [2.24, 2.45) is 11.8 Å². The van der Waals surface area contributed by atoms with Crippen LogP contribution in [-0.2, 0) is 4.79 Å². The maximum atomic E-state index is 11.9. The summed E-state index contributed by atoms with van der Waals surface area (Å²) in [6.07, 6.45) is 10.9. The van der Waals surface area contributed by atoms with E-state index in [-0.39, 0.29) is 5.91 Å². The van der Waals surface area contributed by atoms with E-state index in [1.54, 1.807) is 0 Å². The predicted octanol–water partition coefficient (Wildman–Crippen LogP) is 4.27. The standard InChI is InChI=1S/C15H28BrNO/c1-2-13(9-10-16)12-17-15(18)11-14-7-5-3-4-6-8-14/h13-14H,2-12H2,1H3,(H,17,18). The lowest BCUT2D eigenvalue weighted by Gasteiger charge is -2.17. The van der Waals surface area contributed by atoms with Gasteiger partial charge in [-0.15, -0.1) is 0 Å². The van der Waals surface area contributed by atoms with Crippen LogP contribution < -0.4 is 5.32 Å². The molecule has 18 heavy (non-hydrogen) atoms. The fourth-order valence-electron chi connectivity index (χ4n) is 2.77. The van der Waals surface area contributed by atoms with Crippen LogP contribution in [0, 0.1) is 11.8 Å². The quantitative estimate of drug-likeness (QED) is 0.551. The molecule has 106 valence electrons. The van der Waals surface area contributed by atoms with Crippen LogP contribution in [0.25, 0.3) is 0 Å². The molecule has 1 aliphatic rings. The molecule has 0 aliphatic heterocycles. The average Bonchev–Trinajstić information content (AvgIpc) is 2.63. The molecule has 1 unspecified atom stereocenters. The van der Waals surface area contributed by atoms with E-state index in [2.05, 4.69) is 28.2 Å². The predicted molar refractivity (Wildman–Crippen MR) is 81.0 cm³/mol. The molecule has 3 heteroatoms. The van der Waals surface area contributed by atoms with E-state index >= 15 is 0 Å². The molecule has 0 heterocycles. The van der Waals surface area contributed by atoms with Crippen molar-refractivity contribution < 1.29 is 4.79 Å². The Labute approximate surface area is 120 Å². The molecule has 1 rings (SSSR count). The number of hydrogen-bond acceptors (Lipinski definition) is 1. The zero-order valence-electron chi connectivity index (χ0n) is 11.7. The van der Waals surface area contributed by atoms with Gasteiger partial charge in [-0.25, -0.2) is 0 Å². The number of hydrogen-bond donors (Lipinski definition) is 1. The van der Waals surface area contributed by atoms with E-state index in [1.807, 2.05) is 0 Å². The van der Waals surface area contributed by atoms with Crippen molar-refractivity contribution >= 4 is 21.8 Å². The molecule has 0 bridgehead atoms. The fourth-order valence-corrected chi connectivity index (χ4v) is 3.41. The van der Waals surface area contributed by atoms with E-state index in [0.717, 1.165) is 31.1 Å². The second-order valence-corrected chi connectivity index (χ2v) is 6.41. The SMILES string of the molecule is CCC(CCBr)CNC(=O)CC1CCCCCC1. The van der Waals surface area contributed by atoms with Gasteiger partial charge in [0.05, 0.1) is 0 Å². The van der Waals surface area contributed by atoms with E-state index in [9.17, 15) is 4.79 Å².